The molecule has 1 amide bonds. The number of amides is 1. The Morgan fingerprint density at radius 3 is 2.48 bits per heavy atom. The number of aliphatic hydroxyl groups is 1. The minimum Gasteiger partial charge on any atom is -0.396 e. The molecule has 1 aliphatic carbocycles. The number of aliphatic hydroxyl groups excluding tert-OH is 1. The summed E-state index contributed by atoms with van der Waals surface area (Å²) in [5.74, 6) is -2.90. The molecule has 0 radical (unpaired) electrons. The zero-order valence-electron chi connectivity index (χ0n) is 14.0. The van der Waals surface area contributed by atoms with E-state index < -0.39 is 32.6 Å². The van der Waals surface area contributed by atoms with Crippen molar-refractivity contribution in [3.05, 3.63) is 58.6 Å². The van der Waals surface area contributed by atoms with Gasteiger partial charge in [0, 0.05) is 23.9 Å². The summed E-state index contributed by atoms with van der Waals surface area (Å²) in [5, 5.41) is 10.8. The highest BCUT2D eigenvalue weighted by molar-refractivity contribution is 7.92. The van der Waals surface area contributed by atoms with E-state index >= 15 is 0 Å². The summed E-state index contributed by atoms with van der Waals surface area (Å²) in [6, 6.07) is 6.69. The number of anilines is 1. The van der Waals surface area contributed by atoms with E-state index in [1.54, 1.807) is 0 Å². The van der Waals surface area contributed by atoms with Crippen LogP contribution in [0.1, 0.15) is 23.2 Å². The standard InChI is InChI=1S/C18H16ClF2NO4S/c19-14-3-1-11(18(24)22-12-2-4-15(20)16(21)8-12)7-17(14)27(25,26)13-5-10(6-13)9-23/h1-4,7-8,10,13,23H,5-6,9H2,(H,22,24)/t10-,13+. The first-order chi connectivity index (χ1) is 12.7. The number of hydrogen-bond donors (Lipinski definition) is 2. The summed E-state index contributed by atoms with van der Waals surface area (Å²) >= 11 is 6.03. The highest BCUT2D eigenvalue weighted by Crippen LogP contribution is 2.38. The number of hydrogen-bond acceptors (Lipinski definition) is 4. The molecule has 0 saturated heterocycles. The summed E-state index contributed by atoms with van der Waals surface area (Å²) in [4.78, 5) is 12.2. The number of benzene rings is 2. The van der Waals surface area contributed by atoms with E-state index in [1.165, 1.54) is 24.3 Å². The largest absolute Gasteiger partial charge is 0.396 e. The van der Waals surface area contributed by atoms with Gasteiger partial charge in [0.15, 0.2) is 21.5 Å². The Kier molecular flexibility index (Phi) is 5.50. The summed E-state index contributed by atoms with van der Waals surface area (Å²) < 4.78 is 51.7. The van der Waals surface area contributed by atoms with Crippen LogP contribution in [0.5, 0.6) is 0 Å². The summed E-state index contributed by atoms with van der Waals surface area (Å²) in [7, 11) is -3.75. The fourth-order valence-corrected chi connectivity index (χ4v) is 5.38. The van der Waals surface area contributed by atoms with E-state index in [-0.39, 0.29) is 33.7 Å². The average Bonchev–Trinajstić information content (AvgIpc) is 2.57. The number of carbonyl (C=O) groups is 1. The van der Waals surface area contributed by atoms with Crippen molar-refractivity contribution in [2.24, 2.45) is 5.92 Å². The van der Waals surface area contributed by atoms with Gasteiger partial charge in [-0.05, 0) is 49.1 Å². The van der Waals surface area contributed by atoms with Gasteiger partial charge >= 0.3 is 0 Å². The van der Waals surface area contributed by atoms with Gasteiger partial charge < -0.3 is 10.4 Å². The van der Waals surface area contributed by atoms with Gasteiger partial charge in [-0.2, -0.15) is 0 Å². The summed E-state index contributed by atoms with van der Waals surface area (Å²) in [6.07, 6.45) is 0.668. The molecule has 0 bridgehead atoms. The molecule has 1 saturated carbocycles. The van der Waals surface area contributed by atoms with E-state index in [4.69, 9.17) is 16.7 Å². The van der Waals surface area contributed by atoms with Gasteiger partial charge in [0.05, 0.1) is 15.2 Å². The lowest BCUT2D eigenvalue weighted by molar-refractivity contribution is 0.102. The van der Waals surface area contributed by atoms with Crippen molar-refractivity contribution in [2.45, 2.75) is 23.0 Å². The fourth-order valence-electron chi connectivity index (χ4n) is 2.90. The van der Waals surface area contributed by atoms with Crippen LogP contribution in [0.25, 0.3) is 0 Å². The summed E-state index contributed by atoms with van der Waals surface area (Å²) in [5.41, 5.74) is 0.0452. The highest BCUT2D eigenvalue weighted by atomic mass is 35.5. The van der Waals surface area contributed by atoms with Crippen molar-refractivity contribution in [3.63, 3.8) is 0 Å². The van der Waals surface area contributed by atoms with Crippen LogP contribution in [0.15, 0.2) is 41.3 Å². The average molecular weight is 416 g/mol. The van der Waals surface area contributed by atoms with Gasteiger partial charge in [0.2, 0.25) is 0 Å². The van der Waals surface area contributed by atoms with Crippen LogP contribution in [-0.4, -0.2) is 31.3 Å². The molecule has 3 rings (SSSR count). The molecule has 1 aliphatic rings. The number of nitrogens with one attached hydrogen (secondary N) is 1. The first-order valence-electron chi connectivity index (χ1n) is 8.13. The Morgan fingerprint density at radius 2 is 1.85 bits per heavy atom. The maximum atomic E-state index is 13.3. The van der Waals surface area contributed by atoms with Crippen molar-refractivity contribution in [2.75, 3.05) is 11.9 Å². The Hall–Kier alpha value is -2.03. The van der Waals surface area contributed by atoms with Crippen LogP contribution in [0.2, 0.25) is 5.02 Å². The normalized spacial score (nSPS) is 19.4. The third-order valence-corrected chi connectivity index (χ3v) is 7.22. The predicted molar refractivity (Wildman–Crippen MR) is 96.5 cm³/mol. The van der Waals surface area contributed by atoms with Crippen LogP contribution in [-0.2, 0) is 9.84 Å². The van der Waals surface area contributed by atoms with Crippen LogP contribution >= 0.6 is 11.6 Å². The van der Waals surface area contributed by atoms with Crippen LogP contribution < -0.4 is 5.32 Å². The second-order valence-corrected chi connectivity index (χ2v) is 9.02. The van der Waals surface area contributed by atoms with Crippen molar-refractivity contribution in [1.29, 1.82) is 0 Å². The molecule has 0 aliphatic heterocycles. The van der Waals surface area contributed by atoms with E-state index in [9.17, 15) is 22.0 Å². The van der Waals surface area contributed by atoms with E-state index in [2.05, 4.69) is 5.32 Å². The van der Waals surface area contributed by atoms with Gasteiger partial charge in [0.25, 0.3) is 5.91 Å². The van der Waals surface area contributed by atoms with E-state index in [0.29, 0.717) is 12.8 Å². The first-order valence-corrected chi connectivity index (χ1v) is 10.1. The third-order valence-electron chi connectivity index (χ3n) is 4.57. The van der Waals surface area contributed by atoms with Gasteiger partial charge in [-0.15, -0.1) is 0 Å². The highest BCUT2D eigenvalue weighted by Gasteiger charge is 2.40. The zero-order chi connectivity index (χ0) is 19.8. The molecule has 27 heavy (non-hydrogen) atoms. The van der Waals surface area contributed by atoms with E-state index in [1.807, 2.05) is 0 Å². The first kappa shape index (κ1) is 19.7. The summed E-state index contributed by atoms with van der Waals surface area (Å²) in [6.45, 7) is -0.0730. The van der Waals surface area contributed by atoms with Gasteiger partial charge in [-0.3, -0.25) is 4.79 Å². The van der Waals surface area contributed by atoms with Gasteiger partial charge in [-0.25, -0.2) is 17.2 Å². The second-order valence-electron chi connectivity index (χ2n) is 6.42. The fraction of sp³-hybridized carbons (Fsp3) is 0.278. The number of sulfone groups is 1. The molecule has 5 nitrogen and oxygen atoms in total. The molecule has 1 fully saturated rings. The minimum atomic E-state index is -3.75. The monoisotopic (exact) mass is 415 g/mol. The molecule has 2 aromatic rings. The molecular formula is C18H16ClF2NO4S. The topological polar surface area (TPSA) is 83.5 Å². The lowest BCUT2D eigenvalue weighted by Gasteiger charge is -2.33. The lowest BCUT2D eigenvalue weighted by atomic mass is 9.86. The SMILES string of the molecule is O=C(Nc1ccc(F)c(F)c1)c1ccc(Cl)c(S(=O)(=O)[C@H]2C[C@@H](CO)C2)c1. The Labute approximate surface area is 159 Å². The Balaban J connectivity index is 1.84. The molecule has 2 aromatic carbocycles. The smallest absolute Gasteiger partial charge is 0.255 e. The van der Waals surface area contributed by atoms with Crippen molar-refractivity contribution >= 4 is 33.0 Å². The maximum Gasteiger partial charge on any atom is 0.255 e. The van der Waals surface area contributed by atoms with E-state index in [0.717, 1.165) is 12.1 Å². The van der Waals surface area contributed by atoms with Gasteiger partial charge in [0.1, 0.15) is 0 Å². The molecule has 0 spiro atoms. The molecule has 0 atom stereocenters. The van der Waals surface area contributed by atoms with Crippen molar-refractivity contribution < 1.29 is 27.1 Å². The van der Waals surface area contributed by atoms with Crippen LogP contribution in [0, 0.1) is 17.6 Å². The quantitative estimate of drug-likeness (QED) is 0.783. The molecule has 144 valence electrons. The Morgan fingerprint density at radius 1 is 1.15 bits per heavy atom. The number of carbonyl (C=O) groups excluding carboxylic acids is 1. The van der Waals surface area contributed by atoms with Crippen molar-refractivity contribution in [3.8, 4) is 0 Å². The van der Waals surface area contributed by atoms with Crippen LogP contribution in [0.3, 0.4) is 0 Å². The molecule has 0 unspecified atom stereocenters. The van der Waals surface area contributed by atoms with Gasteiger partial charge in [-0.1, -0.05) is 11.6 Å². The predicted octanol–water partition coefficient (Wildman–Crippen LogP) is 3.42. The maximum absolute atomic E-state index is 13.3. The molecule has 9 heteroatoms. The second kappa shape index (κ2) is 7.53. The number of halogens is 3. The van der Waals surface area contributed by atoms with Crippen LogP contribution in [0.4, 0.5) is 14.5 Å². The molecule has 2 N–H and O–H groups in total. The minimum absolute atomic E-state index is 0.00757. The molecule has 0 aromatic heterocycles. The Bertz CT molecular complexity index is 991. The lowest BCUT2D eigenvalue weighted by Crippen LogP contribution is -2.37. The number of rotatable bonds is 5. The molecular weight excluding hydrogens is 400 g/mol. The third kappa shape index (κ3) is 3.97. The zero-order valence-corrected chi connectivity index (χ0v) is 15.5. The van der Waals surface area contributed by atoms with Crippen molar-refractivity contribution in [1.82, 2.24) is 0 Å². The molecule has 0 heterocycles.